The van der Waals surface area contributed by atoms with Crippen LogP contribution in [0.15, 0.2) is 20.9 Å². The lowest BCUT2D eigenvalue weighted by Gasteiger charge is -2.02. The number of nitrogens with zero attached hydrogens (tertiary/aromatic N) is 5. The molecule has 3 heterocycles. The summed E-state index contributed by atoms with van der Waals surface area (Å²) in [6.45, 7) is 0. The minimum atomic E-state index is -4.87. The Balaban J connectivity index is 1.98. The minimum absolute atomic E-state index is 0.110. The van der Waals surface area contributed by atoms with E-state index in [2.05, 4.69) is 20.5 Å². The fourth-order valence-corrected chi connectivity index (χ4v) is 4.59. The lowest BCUT2D eigenvalue weighted by Crippen LogP contribution is -2.11. The Morgan fingerprint density at radius 3 is 2.71 bits per heavy atom. The number of aromatic nitrogens is 5. The van der Waals surface area contributed by atoms with E-state index in [1.54, 1.807) is 11.4 Å². The van der Waals surface area contributed by atoms with Crippen molar-refractivity contribution in [2.75, 3.05) is 0 Å². The molecule has 3 aromatic heterocycles. The molecule has 0 aliphatic heterocycles. The normalized spacial score (nSPS) is 11.8. The number of rotatable bonds is 4. The average molecular weight is 414 g/mol. The third-order valence-corrected chi connectivity index (χ3v) is 5.83. The van der Waals surface area contributed by atoms with Crippen molar-refractivity contribution < 1.29 is 23.1 Å². The molecule has 0 atom stereocenters. The van der Waals surface area contributed by atoms with Crippen LogP contribution in [-0.2, 0) is 6.18 Å². The number of halogens is 4. The number of hydrogen-bond donors (Lipinski definition) is 1. The van der Waals surface area contributed by atoms with Crippen LogP contribution in [0.3, 0.4) is 0 Å². The van der Waals surface area contributed by atoms with Gasteiger partial charge in [0.15, 0.2) is 10.0 Å². The Hall–Kier alpha value is -1.70. The lowest BCUT2D eigenvalue weighted by atomic mass is 10.3. The molecule has 3 rings (SSSR count). The van der Waals surface area contributed by atoms with E-state index >= 15 is 0 Å². The van der Waals surface area contributed by atoms with Crippen LogP contribution >= 0.6 is 46.0 Å². The van der Waals surface area contributed by atoms with Crippen molar-refractivity contribution in [3.63, 3.8) is 0 Å². The summed E-state index contributed by atoms with van der Waals surface area (Å²) in [4.78, 5) is 13.5. The molecule has 0 saturated heterocycles. The first kappa shape index (κ1) is 17.1. The quantitative estimate of drug-likeness (QED) is 0.696. The molecular formula is C10H3ClF3N5O2S3. The number of alkyl halides is 3. The van der Waals surface area contributed by atoms with Crippen LogP contribution in [0.2, 0.25) is 5.02 Å². The zero-order valence-corrected chi connectivity index (χ0v) is 14.2. The summed E-state index contributed by atoms with van der Waals surface area (Å²) in [6, 6.07) is 1.62. The first-order chi connectivity index (χ1) is 11.3. The molecule has 0 aliphatic carbocycles. The number of carbonyl (C=O) groups is 1. The predicted molar refractivity (Wildman–Crippen MR) is 80.2 cm³/mol. The Morgan fingerprint density at radius 2 is 2.17 bits per heavy atom. The third kappa shape index (κ3) is 3.24. The Bertz CT molecular complexity index is 906. The second kappa shape index (κ2) is 6.31. The van der Waals surface area contributed by atoms with Crippen molar-refractivity contribution in [1.29, 1.82) is 0 Å². The molecule has 14 heteroatoms. The summed E-state index contributed by atoms with van der Waals surface area (Å²) in [6.07, 6.45) is -4.87. The number of tetrazole rings is 1. The first-order valence-corrected chi connectivity index (χ1v) is 8.67. The third-order valence-electron chi connectivity index (χ3n) is 2.48. The van der Waals surface area contributed by atoms with Crippen molar-refractivity contribution >= 4 is 52.0 Å². The van der Waals surface area contributed by atoms with Crippen LogP contribution in [-0.4, -0.2) is 36.3 Å². The molecule has 0 unspecified atom stereocenters. The largest absolute Gasteiger partial charge is 0.477 e. The second-order valence-electron chi connectivity index (χ2n) is 4.01. The van der Waals surface area contributed by atoms with Crippen molar-refractivity contribution in [3.05, 3.63) is 27.0 Å². The maximum atomic E-state index is 12.9. The zero-order valence-electron chi connectivity index (χ0n) is 11.0. The van der Waals surface area contributed by atoms with Gasteiger partial charge in [0.1, 0.15) is 9.88 Å². The van der Waals surface area contributed by atoms with E-state index in [1.807, 2.05) is 0 Å². The maximum absolute atomic E-state index is 12.9. The highest BCUT2D eigenvalue weighted by atomic mass is 35.5. The monoisotopic (exact) mass is 413 g/mol. The molecule has 24 heavy (non-hydrogen) atoms. The number of thiazole rings is 1. The molecule has 0 spiro atoms. The lowest BCUT2D eigenvalue weighted by molar-refractivity contribution is -0.141. The van der Waals surface area contributed by atoms with Crippen LogP contribution in [0.25, 0.3) is 5.00 Å². The van der Waals surface area contributed by atoms with E-state index in [4.69, 9.17) is 16.7 Å². The molecule has 1 N–H and O–H groups in total. The van der Waals surface area contributed by atoms with Gasteiger partial charge in [-0.1, -0.05) is 22.9 Å². The van der Waals surface area contributed by atoms with E-state index in [9.17, 15) is 18.0 Å². The van der Waals surface area contributed by atoms with Crippen molar-refractivity contribution in [1.82, 2.24) is 25.2 Å². The summed E-state index contributed by atoms with van der Waals surface area (Å²) in [5.41, 5.74) is -1.45. The summed E-state index contributed by atoms with van der Waals surface area (Å²) < 4.78 is 39.7. The molecule has 0 fully saturated rings. The summed E-state index contributed by atoms with van der Waals surface area (Å²) in [5.74, 6) is -1.70. The van der Waals surface area contributed by atoms with Gasteiger partial charge in [-0.3, -0.25) is 0 Å². The van der Waals surface area contributed by atoms with Gasteiger partial charge >= 0.3 is 12.1 Å². The van der Waals surface area contributed by atoms with E-state index in [1.165, 1.54) is 16.0 Å². The SMILES string of the molecule is O=C(O)c1sc(Sc2nnnn2-c2sccc2Cl)nc1C(F)(F)F. The predicted octanol–water partition coefficient (Wildman–Crippen LogP) is 3.70. The molecular weight excluding hydrogens is 411 g/mol. The van der Waals surface area contributed by atoms with E-state index in [-0.39, 0.29) is 9.50 Å². The van der Waals surface area contributed by atoms with Gasteiger partial charge < -0.3 is 5.11 Å². The van der Waals surface area contributed by atoms with Gasteiger partial charge in [-0.25, -0.2) is 9.78 Å². The van der Waals surface area contributed by atoms with Crippen LogP contribution < -0.4 is 0 Å². The second-order valence-corrected chi connectivity index (χ2v) is 7.52. The number of carboxylic acid groups (broad SMARTS) is 1. The van der Waals surface area contributed by atoms with E-state index < -0.39 is 22.7 Å². The standard InChI is InChI=1S/C10H3ClF3N5O2S3/c11-3-1-2-22-6(3)19-8(16-17-18-19)24-9-15-5(10(12,13)14)4(23-9)7(20)21/h1-2H,(H,20,21). The molecule has 126 valence electrons. The number of thiophene rings is 1. The highest BCUT2D eigenvalue weighted by Crippen LogP contribution is 2.39. The molecule has 3 aromatic rings. The fraction of sp³-hybridized carbons (Fsp3) is 0.100. The Labute approximate surface area is 148 Å². The van der Waals surface area contributed by atoms with Crippen LogP contribution in [0.5, 0.6) is 0 Å². The van der Waals surface area contributed by atoms with Crippen LogP contribution in [0.4, 0.5) is 13.2 Å². The van der Waals surface area contributed by atoms with Gasteiger partial charge in [-0.15, -0.1) is 16.4 Å². The highest BCUT2D eigenvalue weighted by Gasteiger charge is 2.40. The van der Waals surface area contributed by atoms with Crippen molar-refractivity contribution in [2.45, 2.75) is 15.7 Å². The molecule has 0 saturated carbocycles. The van der Waals surface area contributed by atoms with Gasteiger partial charge in [0.25, 0.3) is 0 Å². The molecule has 0 bridgehead atoms. The van der Waals surface area contributed by atoms with Crippen molar-refractivity contribution in [2.24, 2.45) is 0 Å². The van der Waals surface area contributed by atoms with Crippen LogP contribution in [0.1, 0.15) is 15.4 Å². The molecule has 0 amide bonds. The topological polar surface area (TPSA) is 93.8 Å². The summed E-state index contributed by atoms with van der Waals surface area (Å²) >= 11 is 8.33. The molecule has 0 radical (unpaired) electrons. The smallest absolute Gasteiger partial charge is 0.435 e. The molecule has 7 nitrogen and oxygen atoms in total. The molecule has 0 aliphatic rings. The van der Waals surface area contributed by atoms with Crippen molar-refractivity contribution in [3.8, 4) is 5.00 Å². The van der Waals surface area contributed by atoms with E-state index in [0.717, 1.165) is 0 Å². The van der Waals surface area contributed by atoms with Gasteiger partial charge in [0.2, 0.25) is 5.16 Å². The fourth-order valence-electron chi connectivity index (χ4n) is 1.57. The maximum Gasteiger partial charge on any atom is 0.435 e. The minimum Gasteiger partial charge on any atom is -0.477 e. The summed E-state index contributed by atoms with van der Waals surface area (Å²) in [7, 11) is 0. The number of hydrogen-bond acceptors (Lipinski definition) is 8. The first-order valence-electron chi connectivity index (χ1n) is 5.78. The van der Waals surface area contributed by atoms with Gasteiger partial charge in [0, 0.05) is 0 Å². The number of aromatic carboxylic acids is 1. The highest BCUT2D eigenvalue weighted by molar-refractivity contribution is 8.00. The molecule has 0 aromatic carbocycles. The summed E-state index contributed by atoms with van der Waals surface area (Å²) in [5, 5.41) is 22.5. The van der Waals surface area contributed by atoms with Gasteiger partial charge in [-0.05, 0) is 33.6 Å². The van der Waals surface area contributed by atoms with E-state index in [0.29, 0.717) is 33.1 Å². The van der Waals surface area contributed by atoms with Crippen LogP contribution in [0, 0.1) is 0 Å². The van der Waals surface area contributed by atoms with Gasteiger partial charge in [0.05, 0.1) is 5.02 Å². The zero-order chi connectivity index (χ0) is 17.5. The average Bonchev–Trinajstić information content (AvgIpc) is 3.17. The number of carboxylic acids is 1. The Morgan fingerprint density at radius 1 is 1.42 bits per heavy atom. The van der Waals surface area contributed by atoms with Gasteiger partial charge in [-0.2, -0.15) is 17.9 Å². The Kier molecular flexibility index (Phi) is 4.50.